The molecule has 1 aromatic rings. The molecule has 0 saturated carbocycles. The number of benzene rings is 1. The van der Waals surface area contributed by atoms with Crippen LogP contribution in [0.4, 0.5) is 17.1 Å². The standard InChI is InChI=1S/C7H12N4/c1-10-5-2-3-7(11-9)6(8)4-5/h2-4,10-11H,8-9H2,1H3. The highest BCUT2D eigenvalue weighted by molar-refractivity contribution is 5.70. The number of hydrogen-bond donors (Lipinski definition) is 4. The Morgan fingerprint density at radius 1 is 1.36 bits per heavy atom. The number of hydrogen-bond acceptors (Lipinski definition) is 4. The second kappa shape index (κ2) is 3.12. The molecule has 0 aliphatic rings. The van der Waals surface area contributed by atoms with E-state index in [0.29, 0.717) is 5.69 Å². The molecular formula is C7H12N4. The lowest BCUT2D eigenvalue weighted by Gasteiger charge is -2.06. The number of hydrazine groups is 1. The minimum atomic E-state index is 0.638. The first-order valence-electron chi connectivity index (χ1n) is 3.32. The summed E-state index contributed by atoms with van der Waals surface area (Å²) in [6.45, 7) is 0. The van der Waals surface area contributed by atoms with Crippen molar-refractivity contribution < 1.29 is 0 Å². The predicted molar refractivity (Wildman–Crippen MR) is 48.2 cm³/mol. The molecule has 0 unspecified atom stereocenters. The number of nitrogen functional groups attached to an aromatic ring is 2. The quantitative estimate of drug-likeness (QED) is 0.284. The van der Waals surface area contributed by atoms with Crippen molar-refractivity contribution in [1.82, 2.24) is 0 Å². The van der Waals surface area contributed by atoms with Crippen molar-refractivity contribution in [3.05, 3.63) is 18.2 Å². The molecule has 0 heterocycles. The molecule has 1 rings (SSSR count). The average Bonchev–Trinajstić information content (AvgIpc) is 2.04. The van der Waals surface area contributed by atoms with Gasteiger partial charge in [0.2, 0.25) is 0 Å². The Kier molecular flexibility index (Phi) is 2.18. The van der Waals surface area contributed by atoms with Gasteiger partial charge in [0.15, 0.2) is 0 Å². The zero-order valence-corrected chi connectivity index (χ0v) is 6.39. The first-order chi connectivity index (χ1) is 5.27. The van der Waals surface area contributed by atoms with Crippen LogP contribution < -0.4 is 22.3 Å². The van der Waals surface area contributed by atoms with Crippen LogP contribution in [0.15, 0.2) is 18.2 Å². The van der Waals surface area contributed by atoms with Crippen molar-refractivity contribution >= 4 is 17.1 Å². The molecule has 0 bridgehead atoms. The minimum absolute atomic E-state index is 0.638. The van der Waals surface area contributed by atoms with Gasteiger partial charge in [-0.05, 0) is 18.2 Å². The van der Waals surface area contributed by atoms with Crippen LogP contribution >= 0.6 is 0 Å². The second-order valence-corrected chi connectivity index (χ2v) is 2.20. The summed E-state index contributed by atoms with van der Waals surface area (Å²) in [4.78, 5) is 0. The molecule has 0 fully saturated rings. The summed E-state index contributed by atoms with van der Waals surface area (Å²) in [6, 6.07) is 5.53. The molecular weight excluding hydrogens is 140 g/mol. The van der Waals surface area contributed by atoms with Crippen molar-refractivity contribution in [3.63, 3.8) is 0 Å². The fraction of sp³-hybridized carbons (Fsp3) is 0.143. The molecule has 0 aliphatic heterocycles. The predicted octanol–water partition coefficient (Wildman–Crippen LogP) is 0.596. The van der Waals surface area contributed by atoms with E-state index in [2.05, 4.69) is 10.7 Å². The van der Waals surface area contributed by atoms with Crippen LogP contribution in [0, 0.1) is 0 Å². The topological polar surface area (TPSA) is 76.1 Å². The highest BCUT2D eigenvalue weighted by Crippen LogP contribution is 2.20. The number of rotatable bonds is 2. The lowest BCUT2D eigenvalue weighted by molar-refractivity contribution is 1.35. The molecule has 6 N–H and O–H groups in total. The largest absolute Gasteiger partial charge is 0.397 e. The Labute approximate surface area is 65.5 Å². The summed E-state index contributed by atoms with van der Waals surface area (Å²) in [7, 11) is 1.84. The van der Waals surface area contributed by atoms with Crippen LogP contribution in [0.3, 0.4) is 0 Å². The van der Waals surface area contributed by atoms with Gasteiger partial charge in [-0.1, -0.05) is 0 Å². The fourth-order valence-corrected chi connectivity index (χ4v) is 0.850. The van der Waals surface area contributed by atoms with Gasteiger partial charge in [-0.15, -0.1) is 0 Å². The van der Waals surface area contributed by atoms with Crippen LogP contribution in [0.1, 0.15) is 0 Å². The van der Waals surface area contributed by atoms with Gasteiger partial charge in [-0.2, -0.15) is 0 Å². The second-order valence-electron chi connectivity index (χ2n) is 2.20. The molecule has 0 spiro atoms. The van der Waals surface area contributed by atoms with Crippen molar-refractivity contribution in [3.8, 4) is 0 Å². The van der Waals surface area contributed by atoms with Crippen LogP contribution in [-0.4, -0.2) is 7.05 Å². The zero-order valence-electron chi connectivity index (χ0n) is 6.39. The summed E-state index contributed by atoms with van der Waals surface area (Å²) in [5.74, 6) is 5.19. The smallest absolute Gasteiger partial charge is 0.0717 e. The van der Waals surface area contributed by atoms with E-state index in [9.17, 15) is 0 Å². The average molecular weight is 152 g/mol. The van der Waals surface area contributed by atoms with Gasteiger partial charge in [-0.3, -0.25) is 5.84 Å². The summed E-state index contributed by atoms with van der Waals surface area (Å²) in [6.07, 6.45) is 0. The van der Waals surface area contributed by atoms with Crippen LogP contribution in [0.5, 0.6) is 0 Å². The molecule has 0 radical (unpaired) electrons. The summed E-state index contributed by atoms with van der Waals surface area (Å²) < 4.78 is 0. The van der Waals surface area contributed by atoms with E-state index in [1.54, 1.807) is 0 Å². The van der Waals surface area contributed by atoms with Crippen LogP contribution in [0.25, 0.3) is 0 Å². The van der Waals surface area contributed by atoms with Crippen LogP contribution in [-0.2, 0) is 0 Å². The molecule has 60 valence electrons. The van der Waals surface area contributed by atoms with Gasteiger partial charge in [-0.25, -0.2) is 0 Å². The van der Waals surface area contributed by atoms with Crippen LogP contribution in [0.2, 0.25) is 0 Å². The van der Waals surface area contributed by atoms with Gasteiger partial charge < -0.3 is 16.5 Å². The molecule has 0 aliphatic carbocycles. The van der Waals surface area contributed by atoms with E-state index in [4.69, 9.17) is 11.6 Å². The molecule has 4 heteroatoms. The van der Waals surface area contributed by atoms with E-state index >= 15 is 0 Å². The first kappa shape index (κ1) is 7.68. The molecule has 11 heavy (non-hydrogen) atoms. The Hall–Kier alpha value is -1.42. The molecule has 0 aromatic heterocycles. The number of nitrogens with one attached hydrogen (secondary N) is 2. The normalized spacial score (nSPS) is 9.27. The minimum Gasteiger partial charge on any atom is -0.397 e. The number of nitrogens with two attached hydrogens (primary N) is 2. The van der Waals surface area contributed by atoms with Gasteiger partial charge in [0.1, 0.15) is 0 Å². The van der Waals surface area contributed by atoms with Crippen molar-refractivity contribution in [2.45, 2.75) is 0 Å². The van der Waals surface area contributed by atoms with Gasteiger partial charge in [0.05, 0.1) is 11.4 Å². The Morgan fingerprint density at radius 3 is 2.55 bits per heavy atom. The SMILES string of the molecule is CNc1ccc(NN)c(N)c1. The monoisotopic (exact) mass is 152 g/mol. The van der Waals surface area contributed by atoms with Gasteiger partial charge in [0, 0.05) is 12.7 Å². The van der Waals surface area contributed by atoms with Gasteiger partial charge in [0.25, 0.3) is 0 Å². The Balaban J connectivity index is 2.99. The molecule has 0 atom stereocenters. The molecule has 0 amide bonds. The highest BCUT2D eigenvalue weighted by atomic mass is 15.2. The fourth-order valence-electron chi connectivity index (χ4n) is 0.850. The van der Waals surface area contributed by atoms with E-state index in [-0.39, 0.29) is 0 Å². The zero-order chi connectivity index (χ0) is 8.27. The van der Waals surface area contributed by atoms with E-state index in [1.807, 2.05) is 25.2 Å². The summed E-state index contributed by atoms with van der Waals surface area (Å²) >= 11 is 0. The molecule has 4 nitrogen and oxygen atoms in total. The third kappa shape index (κ3) is 1.53. The third-order valence-corrected chi connectivity index (χ3v) is 1.50. The van der Waals surface area contributed by atoms with Gasteiger partial charge >= 0.3 is 0 Å². The van der Waals surface area contributed by atoms with Crippen molar-refractivity contribution in [2.75, 3.05) is 23.5 Å². The molecule has 1 aromatic carbocycles. The maximum absolute atomic E-state index is 5.62. The van der Waals surface area contributed by atoms with E-state index in [0.717, 1.165) is 11.4 Å². The van der Waals surface area contributed by atoms with E-state index < -0.39 is 0 Å². The maximum atomic E-state index is 5.62. The number of anilines is 3. The Bertz CT molecular complexity index is 246. The molecule has 0 saturated heterocycles. The summed E-state index contributed by atoms with van der Waals surface area (Å²) in [5, 5.41) is 2.97. The van der Waals surface area contributed by atoms with Crippen molar-refractivity contribution in [1.29, 1.82) is 0 Å². The Morgan fingerprint density at radius 2 is 2.09 bits per heavy atom. The summed E-state index contributed by atoms with van der Waals surface area (Å²) in [5.41, 5.74) is 10.5. The first-order valence-corrected chi connectivity index (χ1v) is 3.32. The van der Waals surface area contributed by atoms with E-state index in [1.165, 1.54) is 0 Å². The maximum Gasteiger partial charge on any atom is 0.0717 e. The highest BCUT2D eigenvalue weighted by Gasteiger charge is 1.96. The van der Waals surface area contributed by atoms with Crippen molar-refractivity contribution in [2.24, 2.45) is 5.84 Å². The lowest BCUT2D eigenvalue weighted by atomic mass is 10.2. The lowest BCUT2D eigenvalue weighted by Crippen LogP contribution is -2.09. The third-order valence-electron chi connectivity index (χ3n) is 1.50.